The van der Waals surface area contributed by atoms with Crippen LogP contribution in [0, 0.1) is 35.5 Å². The minimum Gasteiger partial charge on any atom is -0.381 e. The number of carbonyl (C=O) groups is 2. The molecule has 0 radical (unpaired) electrons. The first-order chi connectivity index (χ1) is 16.8. The second kappa shape index (κ2) is 11.9. The van der Waals surface area contributed by atoms with Crippen molar-refractivity contribution >= 4 is 11.8 Å². The Kier molecular flexibility index (Phi) is 9.11. The number of nitrogens with zero attached hydrogens (tertiary/aromatic N) is 2. The Hall–Kier alpha value is -1.22. The Morgan fingerprint density at radius 3 is 2.51 bits per heavy atom. The molecule has 200 valence electrons. The molecule has 0 bridgehead atoms. The molecule has 8 atom stereocenters. The fourth-order valence-electron chi connectivity index (χ4n) is 7.47. The molecule has 3 aliphatic heterocycles. The maximum absolute atomic E-state index is 13.7. The lowest BCUT2D eigenvalue weighted by Crippen LogP contribution is -2.56. The van der Waals surface area contributed by atoms with Gasteiger partial charge in [0.05, 0.1) is 5.92 Å². The molecule has 8 unspecified atom stereocenters. The summed E-state index contributed by atoms with van der Waals surface area (Å²) in [5.74, 6) is 1.75. The highest BCUT2D eigenvalue weighted by molar-refractivity contribution is 5.83. The van der Waals surface area contributed by atoms with Gasteiger partial charge in [0.1, 0.15) is 0 Å². The van der Waals surface area contributed by atoms with Crippen LogP contribution < -0.4 is 16.1 Å². The highest BCUT2D eigenvalue weighted by Crippen LogP contribution is 2.42. The molecule has 4 aliphatic rings. The summed E-state index contributed by atoms with van der Waals surface area (Å²) in [5, 5.41) is 8.51. The van der Waals surface area contributed by atoms with Gasteiger partial charge < -0.3 is 15.4 Å². The fraction of sp³-hybridized carbons (Fsp3) is 0.926. The van der Waals surface area contributed by atoms with E-state index in [1.54, 1.807) is 0 Å². The Bertz CT molecular complexity index is 730. The SMILES string of the molecule is CCN(C1CCOCC1)C1CC(C2CNN(C)C2)CC(C(=O)NCC2C(=O)NC(C)CC2C)C1C. The third-order valence-corrected chi connectivity index (χ3v) is 9.56. The molecule has 2 amide bonds. The van der Waals surface area contributed by atoms with Gasteiger partial charge in [-0.1, -0.05) is 20.8 Å². The zero-order valence-corrected chi connectivity index (χ0v) is 22.6. The van der Waals surface area contributed by atoms with Crippen LogP contribution in [0.1, 0.15) is 59.8 Å². The molecule has 3 N–H and O–H groups in total. The number of hydrogen-bond acceptors (Lipinski definition) is 6. The highest BCUT2D eigenvalue weighted by atomic mass is 16.5. The summed E-state index contributed by atoms with van der Waals surface area (Å²) in [6.45, 7) is 13.9. The number of ether oxygens (including phenoxy) is 1. The third-order valence-electron chi connectivity index (χ3n) is 9.56. The first-order valence-corrected chi connectivity index (χ1v) is 14.1. The van der Waals surface area contributed by atoms with Crippen LogP contribution in [-0.4, -0.2) is 86.3 Å². The van der Waals surface area contributed by atoms with E-state index in [-0.39, 0.29) is 35.6 Å². The second-order valence-electron chi connectivity index (χ2n) is 11.9. The molecule has 1 aliphatic carbocycles. The van der Waals surface area contributed by atoms with E-state index < -0.39 is 0 Å². The molecular weight excluding hydrogens is 442 g/mol. The molecule has 3 heterocycles. The van der Waals surface area contributed by atoms with E-state index in [9.17, 15) is 9.59 Å². The average Bonchev–Trinajstić information content (AvgIpc) is 3.26. The van der Waals surface area contributed by atoms with Crippen molar-refractivity contribution in [2.75, 3.05) is 46.4 Å². The molecule has 4 fully saturated rings. The maximum atomic E-state index is 13.7. The van der Waals surface area contributed by atoms with Crippen molar-refractivity contribution in [3.63, 3.8) is 0 Å². The first kappa shape index (κ1) is 26.8. The summed E-state index contributed by atoms with van der Waals surface area (Å²) in [6, 6.07) is 1.16. The van der Waals surface area contributed by atoms with E-state index >= 15 is 0 Å². The van der Waals surface area contributed by atoms with Gasteiger partial charge in [-0.05, 0) is 69.2 Å². The van der Waals surface area contributed by atoms with E-state index in [0.29, 0.717) is 36.4 Å². The van der Waals surface area contributed by atoms with Gasteiger partial charge >= 0.3 is 0 Å². The summed E-state index contributed by atoms with van der Waals surface area (Å²) in [4.78, 5) is 29.0. The van der Waals surface area contributed by atoms with E-state index in [2.05, 4.69) is 60.7 Å². The van der Waals surface area contributed by atoms with Crippen LogP contribution >= 0.6 is 0 Å². The van der Waals surface area contributed by atoms with Gasteiger partial charge in [0.2, 0.25) is 11.8 Å². The van der Waals surface area contributed by atoms with E-state index in [1.165, 1.54) is 0 Å². The van der Waals surface area contributed by atoms with Gasteiger partial charge in [0.15, 0.2) is 0 Å². The molecule has 8 nitrogen and oxygen atoms in total. The molecular formula is C27H49N5O3. The lowest BCUT2D eigenvalue weighted by Gasteiger charge is -2.49. The number of rotatable bonds is 7. The maximum Gasteiger partial charge on any atom is 0.225 e. The standard InChI is InChI=1S/C27H49N5O3/c1-6-32(22-7-9-35-10-8-22)25-13-20(21-14-29-31(5)16-21)12-23(19(25)4)26(33)28-15-24-17(2)11-18(3)30-27(24)34/h17-25,29H,6-16H2,1-5H3,(H,28,33)(H,30,34). The number of nitrogens with one attached hydrogen (secondary N) is 3. The number of amides is 2. The average molecular weight is 492 g/mol. The van der Waals surface area contributed by atoms with Crippen LogP contribution in [-0.2, 0) is 14.3 Å². The number of hydrazine groups is 1. The van der Waals surface area contributed by atoms with Crippen molar-refractivity contribution in [3.8, 4) is 0 Å². The number of carbonyl (C=O) groups excluding carboxylic acids is 2. The zero-order valence-electron chi connectivity index (χ0n) is 22.6. The molecule has 0 aromatic rings. The second-order valence-corrected chi connectivity index (χ2v) is 11.9. The van der Waals surface area contributed by atoms with E-state index in [4.69, 9.17) is 4.74 Å². The lowest BCUT2D eigenvalue weighted by molar-refractivity contribution is -0.133. The van der Waals surface area contributed by atoms with Crippen LogP contribution in [0.25, 0.3) is 0 Å². The first-order valence-electron chi connectivity index (χ1n) is 14.1. The normalized spacial score (nSPS) is 39.5. The van der Waals surface area contributed by atoms with Crippen LogP contribution in [0.2, 0.25) is 0 Å². The molecule has 4 rings (SSSR count). The minimum atomic E-state index is -0.136. The van der Waals surface area contributed by atoms with Crippen molar-refractivity contribution in [2.45, 2.75) is 77.9 Å². The predicted molar refractivity (Wildman–Crippen MR) is 137 cm³/mol. The largest absolute Gasteiger partial charge is 0.381 e. The summed E-state index contributed by atoms with van der Waals surface area (Å²) in [7, 11) is 2.12. The summed E-state index contributed by atoms with van der Waals surface area (Å²) in [5.41, 5.74) is 3.48. The van der Waals surface area contributed by atoms with Crippen LogP contribution in [0.15, 0.2) is 0 Å². The van der Waals surface area contributed by atoms with Gasteiger partial charge in [-0.2, -0.15) is 0 Å². The Morgan fingerprint density at radius 2 is 1.89 bits per heavy atom. The topological polar surface area (TPSA) is 85.9 Å². The molecule has 1 saturated carbocycles. The molecule has 35 heavy (non-hydrogen) atoms. The lowest BCUT2D eigenvalue weighted by atomic mass is 9.67. The monoisotopic (exact) mass is 491 g/mol. The van der Waals surface area contributed by atoms with E-state index in [1.807, 2.05) is 0 Å². The van der Waals surface area contributed by atoms with Crippen LogP contribution in [0.5, 0.6) is 0 Å². The number of hydrogen-bond donors (Lipinski definition) is 3. The molecule has 3 saturated heterocycles. The van der Waals surface area contributed by atoms with Crippen molar-refractivity contribution in [3.05, 3.63) is 0 Å². The van der Waals surface area contributed by atoms with Gasteiger partial charge in [-0.25, -0.2) is 5.01 Å². The summed E-state index contributed by atoms with van der Waals surface area (Å²) >= 11 is 0. The molecule has 8 heteroatoms. The molecule has 0 aromatic heterocycles. The molecule has 0 aromatic carbocycles. The Morgan fingerprint density at radius 1 is 1.14 bits per heavy atom. The van der Waals surface area contributed by atoms with E-state index in [0.717, 1.165) is 65.0 Å². The Labute approximate surface area is 212 Å². The fourth-order valence-corrected chi connectivity index (χ4v) is 7.47. The predicted octanol–water partition coefficient (Wildman–Crippen LogP) is 1.86. The zero-order chi connectivity index (χ0) is 25.1. The van der Waals surface area contributed by atoms with Gasteiger partial charge in [-0.3, -0.25) is 19.9 Å². The van der Waals surface area contributed by atoms with Gasteiger partial charge in [0.25, 0.3) is 0 Å². The van der Waals surface area contributed by atoms with Crippen molar-refractivity contribution in [2.24, 2.45) is 35.5 Å². The summed E-state index contributed by atoms with van der Waals surface area (Å²) < 4.78 is 5.66. The van der Waals surface area contributed by atoms with Crippen molar-refractivity contribution in [1.82, 2.24) is 26.0 Å². The van der Waals surface area contributed by atoms with Crippen LogP contribution in [0.3, 0.4) is 0 Å². The summed E-state index contributed by atoms with van der Waals surface area (Å²) in [6.07, 6.45) is 5.24. The van der Waals surface area contributed by atoms with Gasteiger partial charge in [-0.15, -0.1) is 0 Å². The smallest absolute Gasteiger partial charge is 0.225 e. The van der Waals surface area contributed by atoms with Crippen LogP contribution in [0.4, 0.5) is 0 Å². The van der Waals surface area contributed by atoms with Crippen molar-refractivity contribution in [1.29, 1.82) is 0 Å². The Balaban J connectivity index is 1.47. The van der Waals surface area contributed by atoms with Gasteiger partial charge in [0, 0.05) is 63.9 Å². The molecule has 0 spiro atoms. The van der Waals surface area contributed by atoms with Crippen molar-refractivity contribution < 1.29 is 14.3 Å². The number of piperidine rings is 1. The quantitative estimate of drug-likeness (QED) is 0.504. The minimum absolute atomic E-state index is 0.0144. The third kappa shape index (κ3) is 6.20. The highest BCUT2D eigenvalue weighted by Gasteiger charge is 2.45.